The molecule has 0 saturated carbocycles. The van der Waals surface area contributed by atoms with Crippen molar-refractivity contribution in [3.8, 4) is 0 Å². The maximum absolute atomic E-state index is 12.2. The Morgan fingerprint density at radius 1 is 1.42 bits per heavy atom. The zero-order chi connectivity index (χ0) is 16.9. The molecule has 2 saturated heterocycles. The monoisotopic (exact) mass is 332 g/mol. The maximum atomic E-state index is 12.2. The van der Waals surface area contributed by atoms with Crippen LogP contribution >= 0.6 is 0 Å². The van der Waals surface area contributed by atoms with E-state index in [9.17, 15) is 4.79 Å². The third kappa shape index (κ3) is 4.45. The molecule has 0 radical (unpaired) electrons. The van der Waals surface area contributed by atoms with Crippen LogP contribution in [0.5, 0.6) is 0 Å². The standard InChI is InChI=1S/C18H28N4O2/c1-14-5-3-7-17(20-14)22-9-8-21(15(2)12-22)13-18(23)19-11-16-6-4-10-24-16/h3,5,7,15-16H,4,6,8-13H2,1-2H3,(H,19,23). The van der Waals surface area contributed by atoms with Gasteiger partial charge < -0.3 is 15.0 Å². The topological polar surface area (TPSA) is 57.7 Å². The van der Waals surface area contributed by atoms with Crippen LogP contribution in [0.4, 0.5) is 5.82 Å². The number of carbonyl (C=O) groups excluding carboxylic acids is 1. The first-order valence-corrected chi connectivity index (χ1v) is 8.93. The van der Waals surface area contributed by atoms with Crippen molar-refractivity contribution in [2.24, 2.45) is 0 Å². The van der Waals surface area contributed by atoms with Gasteiger partial charge in [-0.3, -0.25) is 9.69 Å². The number of anilines is 1. The minimum Gasteiger partial charge on any atom is -0.376 e. The molecular formula is C18H28N4O2. The third-order valence-corrected chi connectivity index (χ3v) is 4.86. The number of rotatable bonds is 5. The maximum Gasteiger partial charge on any atom is 0.234 e. The molecule has 6 heteroatoms. The number of aryl methyl sites for hydroxylation is 1. The number of carbonyl (C=O) groups is 1. The lowest BCUT2D eigenvalue weighted by Crippen LogP contribution is -2.54. The van der Waals surface area contributed by atoms with E-state index in [2.05, 4.69) is 33.1 Å². The molecule has 2 aliphatic heterocycles. The zero-order valence-electron chi connectivity index (χ0n) is 14.7. The van der Waals surface area contributed by atoms with Crippen LogP contribution in [0.25, 0.3) is 0 Å². The van der Waals surface area contributed by atoms with E-state index in [1.165, 1.54) is 0 Å². The van der Waals surface area contributed by atoms with Crippen molar-refractivity contribution in [1.82, 2.24) is 15.2 Å². The Morgan fingerprint density at radius 3 is 3.00 bits per heavy atom. The first kappa shape index (κ1) is 17.2. The van der Waals surface area contributed by atoms with Gasteiger partial charge in [0, 0.05) is 44.5 Å². The Kier molecular flexibility index (Phi) is 5.68. The van der Waals surface area contributed by atoms with Crippen molar-refractivity contribution in [2.75, 3.05) is 44.2 Å². The molecule has 0 aromatic carbocycles. The third-order valence-electron chi connectivity index (χ3n) is 4.86. The number of nitrogens with zero attached hydrogens (tertiary/aromatic N) is 3. The predicted octanol–water partition coefficient (Wildman–Crippen LogP) is 1.20. The van der Waals surface area contributed by atoms with Crippen molar-refractivity contribution < 1.29 is 9.53 Å². The first-order valence-electron chi connectivity index (χ1n) is 8.93. The van der Waals surface area contributed by atoms with Crippen LogP contribution in [0.2, 0.25) is 0 Å². The fourth-order valence-corrected chi connectivity index (χ4v) is 3.42. The van der Waals surface area contributed by atoms with Gasteiger partial charge in [0.05, 0.1) is 12.6 Å². The van der Waals surface area contributed by atoms with Gasteiger partial charge in [0.2, 0.25) is 5.91 Å². The van der Waals surface area contributed by atoms with E-state index in [1.54, 1.807) is 0 Å². The summed E-state index contributed by atoms with van der Waals surface area (Å²) in [7, 11) is 0. The SMILES string of the molecule is Cc1cccc(N2CCN(CC(=O)NCC3CCCO3)C(C)C2)n1. The van der Waals surface area contributed by atoms with Gasteiger partial charge in [-0.2, -0.15) is 0 Å². The molecule has 2 aliphatic rings. The molecule has 0 spiro atoms. The van der Waals surface area contributed by atoms with Gasteiger partial charge in [-0.15, -0.1) is 0 Å². The lowest BCUT2D eigenvalue weighted by molar-refractivity contribution is -0.123. The van der Waals surface area contributed by atoms with Crippen LogP contribution in [0.3, 0.4) is 0 Å². The van der Waals surface area contributed by atoms with E-state index in [1.807, 2.05) is 19.1 Å². The van der Waals surface area contributed by atoms with E-state index in [4.69, 9.17) is 4.74 Å². The van der Waals surface area contributed by atoms with Gasteiger partial charge in [0.25, 0.3) is 0 Å². The molecule has 0 bridgehead atoms. The number of aromatic nitrogens is 1. The normalized spacial score (nSPS) is 25.0. The Balaban J connectivity index is 1.46. The minimum atomic E-state index is 0.0967. The summed E-state index contributed by atoms with van der Waals surface area (Å²) < 4.78 is 5.55. The quantitative estimate of drug-likeness (QED) is 0.878. The van der Waals surface area contributed by atoms with E-state index < -0.39 is 0 Å². The Bertz CT molecular complexity index is 560. The van der Waals surface area contributed by atoms with Gasteiger partial charge in [0.15, 0.2) is 0 Å². The zero-order valence-corrected chi connectivity index (χ0v) is 14.7. The molecular weight excluding hydrogens is 304 g/mol. The molecule has 2 fully saturated rings. The van der Waals surface area contributed by atoms with Crippen molar-refractivity contribution in [3.63, 3.8) is 0 Å². The summed E-state index contributed by atoms with van der Waals surface area (Å²) >= 11 is 0. The molecule has 1 aromatic rings. The highest BCUT2D eigenvalue weighted by atomic mass is 16.5. The smallest absolute Gasteiger partial charge is 0.234 e. The molecule has 2 unspecified atom stereocenters. The number of pyridine rings is 1. The van der Waals surface area contributed by atoms with Crippen LogP contribution in [0, 0.1) is 6.92 Å². The van der Waals surface area contributed by atoms with Crippen molar-refractivity contribution in [1.29, 1.82) is 0 Å². The number of hydrogen-bond donors (Lipinski definition) is 1. The summed E-state index contributed by atoms with van der Waals surface area (Å²) in [4.78, 5) is 21.3. The fourth-order valence-electron chi connectivity index (χ4n) is 3.42. The molecule has 0 aliphatic carbocycles. The molecule has 1 aromatic heterocycles. The molecule has 1 N–H and O–H groups in total. The molecule has 132 valence electrons. The lowest BCUT2D eigenvalue weighted by atomic mass is 10.2. The number of piperazine rings is 1. The summed E-state index contributed by atoms with van der Waals surface area (Å²) in [5, 5.41) is 3.01. The van der Waals surface area contributed by atoms with E-state index in [0.717, 1.165) is 50.6 Å². The summed E-state index contributed by atoms with van der Waals surface area (Å²) in [5.41, 5.74) is 1.04. The summed E-state index contributed by atoms with van der Waals surface area (Å²) in [6.45, 7) is 8.80. The van der Waals surface area contributed by atoms with Crippen molar-refractivity contribution >= 4 is 11.7 Å². The van der Waals surface area contributed by atoms with Gasteiger partial charge in [-0.25, -0.2) is 4.98 Å². The highest BCUT2D eigenvalue weighted by Crippen LogP contribution is 2.17. The number of nitrogens with one attached hydrogen (secondary N) is 1. The Morgan fingerprint density at radius 2 is 2.29 bits per heavy atom. The molecule has 2 atom stereocenters. The molecule has 3 rings (SSSR count). The molecule has 3 heterocycles. The second-order valence-electron chi connectivity index (χ2n) is 6.84. The Labute approximate surface area is 144 Å². The average molecular weight is 332 g/mol. The van der Waals surface area contributed by atoms with E-state index >= 15 is 0 Å². The predicted molar refractivity (Wildman–Crippen MR) is 94.2 cm³/mol. The van der Waals surface area contributed by atoms with Crippen LogP contribution in [0.15, 0.2) is 18.2 Å². The summed E-state index contributed by atoms with van der Waals surface area (Å²) in [5.74, 6) is 1.13. The average Bonchev–Trinajstić information content (AvgIpc) is 3.08. The van der Waals surface area contributed by atoms with Gasteiger partial charge in [-0.1, -0.05) is 6.07 Å². The fraction of sp³-hybridized carbons (Fsp3) is 0.667. The van der Waals surface area contributed by atoms with Crippen LogP contribution in [0.1, 0.15) is 25.5 Å². The lowest BCUT2D eigenvalue weighted by Gasteiger charge is -2.40. The number of ether oxygens (including phenoxy) is 1. The molecule has 24 heavy (non-hydrogen) atoms. The number of amides is 1. The summed E-state index contributed by atoms with van der Waals surface area (Å²) in [6, 6.07) is 6.45. The van der Waals surface area contributed by atoms with E-state index in [-0.39, 0.29) is 12.0 Å². The first-order chi connectivity index (χ1) is 11.6. The molecule has 1 amide bonds. The van der Waals surface area contributed by atoms with Crippen LogP contribution < -0.4 is 10.2 Å². The van der Waals surface area contributed by atoms with E-state index in [0.29, 0.717) is 19.1 Å². The largest absolute Gasteiger partial charge is 0.376 e. The van der Waals surface area contributed by atoms with Gasteiger partial charge >= 0.3 is 0 Å². The van der Waals surface area contributed by atoms with Crippen molar-refractivity contribution in [2.45, 2.75) is 38.8 Å². The second kappa shape index (κ2) is 7.94. The molecule has 6 nitrogen and oxygen atoms in total. The Hall–Kier alpha value is -1.66. The van der Waals surface area contributed by atoms with Crippen LogP contribution in [-0.4, -0.2) is 67.3 Å². The minimum absolute atomic E-state index is 0.0967. The summed E-state index contributed by atoms with van der Waals surface area (Å²) in [6.07, 6.45) is 2.36. The number of hydrogen-bond acceptors (Lipinski definition) is 5. The highest BCUT2D eigenvalue weighted by Gasteiger charge is 2.26. The second-order valence-corrected chi connectivity index (χ2v) is 6.84. The van der Waals surface area contributed by atoms with Gasteiger partial charge in [-0.05, 0) is 38.8 Å². The highest BCUT2D eigenvalue weighted by molar-refractivity contribution is 5.78. The van der Waals surface area contributed by atoms with Crippen LogP contribution in [-0.2, 0) is 9.53 Å². The van der Waals surface area contributed by atoms with Crippen molar-refractivity contribution in [3.05, 3.63) is 23.9 Å². The van der Waals surface area contributed by atoms with Gasteiger partial charge in [0.1, 0.15) is 5.82 Å².